The number of rotatable bonds is 1. The van der Waals surface area contributed by atoms with E-state index in [9.17, 15) is 4.79 Å². The lowest BCUT2D eigenvalue weighted by Gasteiger charge is -2.09. The monoisotopic (exact) mass is 207 g/mol. The van der Waals surface area contributed by atoms with Gasteiger partial charge < -0.3 is 11.1 Å². The lowest BCUT2D eigenvalue weighted by molar-refractivity contribution is 0.253. The zero-order chi connectivity index (χ0) is 11.3. The van der Waals surface area contributed by atoms with E-state index in [1.807, 2.05) is 19.1 Å². The van der Waals surface area contributed by atoms with Gasteiger partial charge in [-0.2, -0.15) is 0 Å². The topological polar surface area (TPSA) is 92.4 Å². The molecule has 0 saturated carbocycles. The van der Waals surface area contributed by atoms with Gasteiger partial charge in [0.05, 0.1) is 0 Å². The Kier molecular flexibility index (Phi) is 3.61. The summed E-state index contributed by atoms with van der Waals surface area (Å²) in [5, 5.41) is 5.20. The van der Waals surface area contributed by atoms with Crippen LogP contribution in [-0.4, -0.2) is 24.0 Å². The largest absolute Gasteiger partial charge is 0.351 e. The SMILES string of the molecule is CN=C(NC(N)=O)Nc1ncccc1C. The van der Waals surface area contributed by atoms with Gasteiger partial charge in [-0.15, -0.1) is 0 Å². The van der Waals surface area contributed by atoms with Crippen molar-refractivity contribution in [3.63, 3.8) is 0 Å². The van der Waals surface area contributed by atoms with Crippen molar-refractivity contribution >= 4 is 17.8 Å². The Balaban J connectivity index is 2.76. The molecule has 2 amide bonds. The molecule has 0 unspecified atom stereocenters. The number of anilines is 1. The number of carbonyl (C=O) groups is 1. The molecule has 0 atom stereocenters. The van der Waals surface area contributed by atoms with Gasteiger partial charge in [0.2, 0.25) is 5.96 Å². The minimum atomic E-state index is -0.670. The Labute approximate surface area is 87.6 Å². The van der Waals surface area contributed by atoms with Crippen molar-refractivity contribution in [3.05, 3.63) is 23.9 Å². The first-order valence-electron chi connectivity index (χ1n) is 4.35. The maximum Gasteiger partial charge on any atom is 0.318 e. The van der Waals surface area contributed by atoms with Crippen molar-refractivity contribution in [1.82, 2.24) is 10.3 Å². The summed E-state index contributed by atoms with van der Waals surface area (Å²) >= 11 is 0. The van der Waals surface area contributed by atoms with Gasteiger partial charge >= 0.3 is 6.03 Å². The minimum Gasteiger partial charge on any atom is -0.351 e. The number of pyridine rings is 1. The maximum atomic E-state index is 10.6. The number of nitrogens with two attached hydrogens (primary N) is 1. The molecule has 1 aromatic heterocycles. The zero-order valence-electron chi connectivity index (χ0n) is 8.61. The van der Waals surface area contributed by atoms with Crippen LogP contribution in [0.4, 0.5) is 10.6 Å². The third-order valence-corrected chi connectivity index (χ3v) is 1.71. The molecule has 0 radical (unpaired) electrons. The first kappa shape index (κ1) is 11.0. The Morgan fingerprint density at radius 1 is 1.60 bits per heavy atom. The highest BCUT2D eigenvalue weighted by Gasteiger charge is 2.04. The number of primary amides is 1. The van der Waals surface area contributed by atoms with Crippen molar-refractivity contribution in [2.45, 2.75) is 6.92 Å². The Morgan fingerprint density at radius 3 is 2.87 bits per heavy atom. The third kappa shape index (κ3) is 3.26. The van der Waals surface area contributed by atoms with Crippen LogP contribution in [0.25, 0.3) is 0 Å². The molecule has 1 heterocycles. The van der Waals surface area contributed by atoms with Crippen LogP contribution in [0.3, 0.4) is 0 Å². The van der Waals surface area contributed by atoms with Crippen LogP contribution in [0, 0.1) is 6.92 Å². The van der Waals surface area contributed by atoms with E-state index in [2.05, 4.69) is 20.6 Å². The third-order valence-electron chi connectivity index (χ3n) is 1.71. The van der Waals surface area contributed by atoms with Crippen molar-refractivity contribution in [1.29, 1.82) is 0 Å². The average Bonchev–Trinajstić information content (AvgIpc) is 2.19. The summed E-state index contributed by atoms with van der Waals surface area (Å²) in [7, 11) is 1.54. The molecule has 6 heteroatoms. The summed E-state index contributed by atoms with van der Waals surface area (Å²) in [5.41, 5.74) is 5.92. The van der Waals surface area contributed by atoms with E-state index in [4.69, 9.17) is 5.73 Å². The molecule has 4 N–H and O–H groups in total. The summed E-state index contributed by atoms with van der Waals surface area (Å²) in [6, 6.07) is 3.05. The van der Waals surface area contributed by atoms with E-state index < -0.39 is 6.03 Å². The second-order valence-corrected chi connectivity index (χ2v) is 2.86. The lowest BCUT2D eigenvalue weighted by Crippen LogP contribution is -2.39. The Bertz CT molecular complexity index is 388. The molecule has 0 aliphatic heterocycles. The van der Waals surface area contributed by atoms with E-state index in [0.29, 0.717) is 5.82 Å². The van der Waals surface area contributed by atoms with E-state index in [1.165, 1.54) is 7.05 Å². The van der Waals surface area contributed by atoms with Crippen molar-refractivity contribution in [3.8, 4) is 0 Å². The number of carbonyl (C=O) groups excluding carboxylic acids is 1. The molecule has 6 nitrogen and oxygen atoms in total. The number of urea groups is 1. The Hall–Kier alpha value is -2.11. The molecule has 0 saturated heterocycles. The molecular formula is C9H13N5O. The number of hydrogen-bond donors (Lipinski definition) is 3. The highest BCUT2D eigenvalue weighted by Crippen LogP contribution is 2.08. The quantitative estimate of drug-likeness (QED) is 0.461. The Morgan fingerprint density at radius 2 is 2.33 bits per heavy atom. The molecular weight excluding hydrogens is 194 g/mol. The van der Waals surface area contributed by atoms with Gasteiger partial charge in [0, 0.05) is 13.2 Å². The summed E-state index contributed by atoms with van der Waals surface area (Å²) in [6.07, 6.45) is 1.65. The summed E-state index contributed by atoms with van der Waals surface area (Å²) in [4.78, 5) is 18.5. The number of hydrogen-bond acceptors (Lipinski definition) is 3. The first-order valence-corrected chi connectivity index (χ1v) is 4.35. The summed E-state index contributed by atoms with van der Waals surface area (Å²) in [5.74, 6) is 0.899. The normalized spacial score (nSPS) is 10.9. The van der Waals surface area contributed by atoms with Gasteiger partial charge in [-0.05, 0) is 18.6 Å². The van der Waals surface area contributed by atoms with Gasteiger partial charge in [-0.3, -0.25) is 10.3 Å². The van der Waals surface area contributed by atoms with Crippen LogP contribution in [0.1, 0.15) is 5.56 Å². The second kappa shape index (κ2) is 4.94. The van der Waals surface area contributed by atoms with Crippen molar-refractivity contribution in [2.75, 3.05) is 12.4 Å². The molecule has 1 rings (SSSR count). The molecule has 0 aliphatic rings. The van der Waals surface area contributed by atoms with Crippen LogP contribution < -0.4 is 16.4 Å². The smallest absolute Gasteiger partial charge is 0.318 e. The van der Waals surface area contributed by atoms with E-state index in [0.717, 1.165) is 5.56 Å². The second-order valence-electron chi connectivity index (χ2n) is 2.86. The molecule has 1 aromatic rings. The predicted octanol–water partition coefficient (Wildman–Crippen LogP) is 0.456. The van der Waals surface area contributed by atoms with E-state index in [1.54, 1.807) is 6.20 Å². The minimum absolute atomic E-state index is 0.268. The molecule has 0 aliphatic carbocycles. The first-order chi connectivity index (χ1) is 7.13. The number of amides is 2. The van der Waals surface area contributed by atoms with Crippen LogP contribution in [-0.2, 0) is 0 Å². The molecule has 0 spiro atoms. The fourth-order valence-corrected chi connectivity index (χ4v) is 0.988. The fraction of sp³-hybridized carbons (Fsp3) is 0.222. The van der Waals surface area contributed by atoms with E-state index in [-0.39, 0.29) is 5.96 Å². The molecule has 15 heavy (non-hydrogen) atoms. The molecule has 80 valence electrons. The standard InChI is InChI=1S/C9H13N5O/c1-6-4-3-5-12-7(6)13-9(11-2)14-8(10)15/h3-5H,1-2H3,(H4,10,11,12,13,14,15). The summed E-state index contributed by atoms with van der Waals surface area (Å²) < 4.78 is 0. The van der Waals surface area contributed by atoms with Crippen molar-refractivity contribution < 1.29 is 4.79 Å². The van der Waals surface area contributed by atoms with Crippen LogP contribution in [0.5, 0.6) is 0 Å². The zero-order valence-corrected chi connectivity index (χ0v) is 8.61. The number of aliphatic imine (C=N–C) groups is 1. The summed E-state index contributed by atoms with van der Waals surface area (Å²) in [6.45, 7) is 1.90. The van der Waals surface area contributed by atoms with E-state index >= 15 is 0 Å². The van der Waals surface area contributed by atoms with Gasteiger partial charge in [0.15, 0.2) is 0 Å². The maximum absolute atomic E-state index is 10.6. The highest BCUT2D eigenvalue weighted by atomic mass is 16.2. The molecule has 0 aromatic carbocycles. The lowest BCUT2D eigenvalue weighted by atomic mass is 10.3. The van der Waals surface area contributed by atoms with Crippen LogP contribution >= 0.6 is 0 Å². The van der Waals surface area contributed by atoms with Gasteiger partial charge in [-0.25, -0.2) is 9.78 Å². The van der Waals surface area contributed by atoms with Crippen LogP contribution in [0.15, 0.2) is 23.3 Å². The molecule has 0 fully saturated rings. The molecule has 0 bridgehead atoms. The number of aryl methyl sites for hydroxylation is 1. The highest BCUT2D eigenvalue weighted by molar-refractivity contribution is 6.02. The average molecular weight is 207 g/mol. The predicted molar refractivity (Wildman–Crippen MR) is 58.7 cm³/mol. The van der Waals surface area contributed by atoms with Crippen LogP contribution in [0.2, 0.25) is 0 Å². The fourth-order valence-electron chi connectivity index (χ4n) is 0.988. The van der Waals surface area contributed by atoms with Gasteiger partial charge in [0.25, 0.3) is 0 Å². The number of aromatic nitrogens is 1. The van der Waals surface area contributed by atoms with Gasteiger partial charge in [-0.1, -0.05) is 6.07 Å². The van der Waals surface area contributed by atoms with Gasteiger partial charge in [0.1, 0.15) is 5.82 Å². The number of nitrogens with one attached hydrogen (secondary N) is 2. The number of guanidine groups is 1. The number of nitrogens with zero attached hydrogens (tertiary/aromatic N) is 2. The van der Waals surface area contributed by atoms with Crippen molar-refractivity contribution in [2.24, 2.45) is 10.7 Å².